The van der Waals surface area contributed by atoms with E-state index in [4.69, 9.17) is 0 Å². The van der Waals surface area contributed by atoms with E-state index in [0.29, 0.717) is 19.6 Å². The highest BCUT2D eigenvalue weighted by Gasteiger charge is 2.33. The van der Waals surface area contributed by atoms with Gasteiger partial charge in [-0.25, -0.2) is 0 Å². The number of piperidine rings is 1. The zero-order valence-corrected chi connectivity index (χ0v) is 19.4. The van der Waals surface area contributed by atoms with Gasteiger partial charge in [-0.05, 0) is 37.1 Å². The van der Waals surface area contributed by atoms with Crippen molar-refractivity contribution >= 4 is 11.8 Å². The number of amides is 2. The smallest absolute Gasteiger partial charge is 0.237 e. The van der Waals surface area contributed by atoms with E-state index in [2.05, 4.69) is 69.0 Å². The van der Waals surface area contributed by atoms with Crippen molar-refractivity contribution in [3.8, 4) is 0 Å². The summed E-state index contributed by atoms with van der Waals surface area (Å²) >= 11 is 0. The predicted molar refractivity (Wildman–Crippen MR) is 131 cm³/mol. The van der Waals surface area contributed by atoms with Gasteiger partial charge in [0.05, 0.1) is 12.5 Å². The van der Waals surface area contributed by atoms with Gasteiger partial charge in [0.2, 0.25) is 11.8 Å². The van der Waals surface area contributed by atoms with Crippen LogP contribution >= 0.6 is 0 Å². The number of carbonyl (C=O) groups excluding carboxylic acids is 2. The maximum absolute atomic E-state index is 12.8. The van der Waals surface area contributed by atoms with Crippen molar-refractivity contribution < 1.29 is 9.59 Å². The number of piperazine rings is 1. The molecule has 1 atom stereocenters. The first-order valence-corrected chi connectivity index (χ1v) is 12.3. The Kier molecular flexibility index (Phi) is 8.50. The molecule has 0 bridgehead atoms. The zero-order chi connectivity index (χ0) is 22.9. The standard InChI is InChI=1S/C27H36N4O2/c32-26(28-14-18-30-16-8-3-9-17-30)20-25-27(33)29-15-19-31(25)21-24(22-10-4-1-5-11-22)23-12-6-2-7-13-23/h1-2,4-7,10-13,24-25H,3,8-9,14-21H2,(H,28,32)(H,29,33)/t25-/m0/s1. The Labute approximate surface area is 197 Å². The van der Waals surface area contributed by atoms with Crippen LogP contribution in [-0.2, 0) is 9.59 Å². The minimum Gasteiger partial charge on any atom is -0.355 e. The van der Waals surface area contributed by atoms with Gasteiger partial charge in [0.15, 0.2) is 0 Å². The lowest BCUT2D eigenvalue weighted by Gasteiger charge is -2.37. The van der Waals surface area contributed by atoms with Crippen LogP contribution in [0.1, 0.15) is 42.7 Å². The summed E-state index contributed by atoms with van der Waals surface area (Å²) in [5.74, 6) is 0.0466. The highest BCUT2D eigenvalue weighted by Crippen LogP contribution is 2.27. The number of hydrogen-bond acceptors (Lipinski definition) is 4. The van der Waals surface area contributed by atoms with E-state index < -0.39 is 6.04 Å². The van der Waals surface area contributed by atoms with Gasteiger partial charge in [0.25, 0.3) is 0 Å². The molecular weight excluding hydrogens is 412 g/mol. The first kappa shape index (κ1) is 23.5. The van der Waals surface area contributed by atoms with Crippen molar-refractivity contribution in [2.75, 3.05) is 45.8 Å². The highest BCUT2D eigenvalue weighted by atomic mass is 16.2. The van der Waals surface area contributed by atoms with Crippen LogP contribution in [0.5, 0.6) is 0 Å². The molecule has 2 aliphatic rings. The first-order chi connectivity index (χ1) is 16.2. The molecule has 0 radical (unpaired) electrons. The average Bonchev–Trinajstić information content (AvgIpc) is 2.86. The van der Waals surface area contributed by atoms with Gasteiger partial charge in [-0.2, -0.15) is 0 Å². The van der Waals surface area contributed by atoms with Gasteiger partial charge < -0.3 is 15.5 Å². The summed E-state index contributed by atoms with van der Waals surface area (Å²) in [6.45, 7) is 5.83. The summed E-state index contributed by atoms with van der Waals surface area (Å²) in [5.41, 5.74) is 2.44. The fourth-order valence-corrected chi connectivity index (χ4v) is 5.00. The van der Waals surface area contributed by atoms with Gasteiger partial charge in [-0.15, -0.1) is 0 Å². The van der Waals surface area contributed by atoms with E-state index in [1.165, 1.54) is 30.4 Å². The van der Waals surface area contributed by atoms with Crippen LogP contribution in [0.3, 0.4) is 0 Å². The lowest BCUT2D eigenvalue weighted by molar-refractivity contribution is -0.134. The van der Waals surface area contributed by atoms with E-state index in [0.717, 1.165) is 26.2 Å². The summed E-state index contributed by atoms with van der Waals surface area (Å²) in [7, 11) is 0. The van der Waals surface area contributed by atoms with Crippen molar-refractivity contribution in [2.45, 2.75) is 37.6 Å². The molecule has 2 N–H and O–H groups in total. The maximum atomic E-state index is 12.8. The summed E-state index contributed by atoms with van der Waals surface area (Å²) in [6.07, 6.45) is 3.99. The van der Waals surface area contributed by atoms with Crippen molar-refractivity contribution in [3.63, 3.8) is 0 Å². The predicted octanol–water partition coefficient (Wildman–Crippen LogP) is 2.61. The van der Waals surface area contributed by atoms with Crippen molar-refractivity contribution in [1.82, 2.24) is 20.4 Å². The summed E-state index contributed by atoms with van der Waals surface area (Å²) in [6, 6.07) is 20.4. The summed E-state index contributed by atoms with van der Waals surface area (Å²) < 4.78 is 0. The third-order valence-corrected chi connectivity index (χ3v) is 6.84. The van der Waals surface area contributed by atoms with Gasteiger partial charge in [0, 0.05) is 38.6 Å². The number of carbonyl (C=O) groups is 2. The number of likely N-dealkylation sites (tertiary alicyclic amines) is 1. The lowest BCUT2D eigenvalue weighted by Crippen LogP contribution is -2.57. The molecule has 0 aromatic heterocycles. The third kappa shape index (κ3) is 6.65. The van der Waals surface area contributed by atoms with Gasteiger partial charge in [-0.3, -0.25) is 14.5 Å². The molecule has 2 saturated heterocycles. The van der Waals surface area contributed by atoms with E-state index in [1.54, 1.807) is 0 Å². The number of benzene rings is 2. The number of rotatable bonds is 9. The van der Waals surface area contributed by atoms with Crippen LogP contribution in [-0.4, -0.2) is 73.5 Å². The number of nitrogens with one attached hydrogen (secondary N) is 2. The van der Waals surface area contributed by atoms with Crippen molar-refractivity contribution in [2.24, 2.45) is 0 Å². The molecule has 0 aliphatic carbocycles. The quantitative estimate of drug-likeness (QED) is 0.619. The Hall–Kier alpha value is -2.70. The molecule has 0 saturated carbocycles. The largest absolute Gasteiger partial charge is 0.355 e. The molecule has 2 amide bonds. The molecule has 2 fully saturated rings. The van der Waals surface area contributed by atoms with Gasteiger partial charge >= 0.3 is 0 Å². The van der Waals surface area contributed by atoms with E-state index in [-0.39, 0.29) is 24.2 Å². The fraction of sp³-hybridized carbons (Fsp3) is 0.481. The van der Waals surface area contributed by atoms with Crippen LogP contribution in [0.25, 0.3) is 0 Å². The summed E-state index contributed by atoms with van der Waals surface area (Å²) in [4.78, 5) is 30.1. The molecule has 176 valence electrons. The Bertz CT molecular complexity index is 844. The van der Waals surface area contributed by atoms with Crippen LogP contribution in [0, 0.1) is 0 Å². The summed E-state index contributed by atoms with van der Waals surface area (Å²) in [5, 5.41) is 6.01. The van der Waals surface area contributed by atoms with Crippen LogP contribution in [0.2, 0.25) is 0 Å². The Balaban J connectivity index is 1.40. The van der Waals surface area contributed by atoms with E-state index >= 15 is 0 Å². The molecule has 0 spiro atoms. The normalized spacial score (nSPS) is 19.9. The monoisotopic (exact) mass is 448 g/mol. The molecule has 6 heteroatoms. The second kappa shape index (κ2) is 12.0. The number of nitrogens with zero attached hydrogens (tertiary/aromatic N) is 2. The molecule has 2 heterocycles. The van der Waals surface area contributed by atoms with E-state index in [9.17, 15) is 9.59 Å². The van der Waals surface area contributed by atoms with Gasteiger partial charge in [-0.1, -0.05) is 67.1 Å². The molecule has 2 aromatic rings. The second-order valence-electron chi connectivity index (χ2n) is 9.13. The van der Waals surface area contributed by atoms with Crippen molar-refractivity contribution in [3.05, 3.63) is 71.8 Å². The topological polar surface area (TPSA) is 64.7 Å². The molecular formula is C27H36N4O2. The minimum atomic E-state index is -0.441. The Morgan fingerprint density at radius 2 is 1.58 bits per heavy atom. The molecule has 0 unspecified atom stereocenters. The fourth-order valence-electron chi connectivity index (χ4n) is 5.00. The Morgan fingerprint density at radius 3 is 2.21 bits per heavy atom. The van der Waals surface area contributed by atoms with Gasteiger partial charge in [0.1, 0.15) is 0 Å². The average molecular weight is 449 g/mol. The first-order valence-electron chi connectivity index (χ1n) is 12.3. The highest BCUT2D eigenvalue weighted by molar-refractivity contribution is 5.88. The van der Waals surface area contributed by atoms with E-state index in [1.807, 2.05) is 12.1 Å². The number of hydrogen-bond donors (Lipinski definition) is 2. The maximum Gasteiger partial charge on any atom is 0.237 e. The zero-order valence-electron chi connectivity index (χ0n) is 19.4. The molecule has 2 aromatic carbocycles. The van der Waals surface area contributed by atoms with Crippen LogP contribution in [0.4, 0.5) is 0 Å². The molecule has 2 aliphatic heterocycles. The Morgan fingerprint density at radius 1 is 0.939 bits per heavy atom. The molecule has 4 rings (SSSR count). The van der Waals surface area contributed by atoms with Crippen molar-refractivity contribution in [1.29, 1.82) is 0 Å². The molecule has 6 nitrogen and oxygen atoms in total. The SMILES string of the molecule is O=C(C[C@H]1C(=O)NCCN1CC(c1ccccc1)c1ccccc1)NCCN1CCCCC1. The van der Waals surface area contributed by atoms with Crippen LogP contribution < -0.4 is 10.6 Å². The van der Waals surface area contributed by atoms with Crippen LogP contribution in [0.15, 0.2) is 60.7 Å². The minimum absolute atomic E-state index is 0.0463. The molecule has 33 heavy (non-hydrogen) atoms. The lowest BCUT2D eigenvalue weighted by atomic mass is 9.90. The third-order valence-electron chi connectivity index (χ3n) is 6.84. The second-order valence-corrected chi connectivity index (χ2v) is 9.13.